The molecule has 9 heteroatoms. The average molecular weight is 502 g/mol. The van der Waals surface area contributed by atoms with Crippen LogP contribution in [0.15, 0.2) is 84.1 Å². The SMILES string of the molecule is CC(=O)c1ccccc1NC(=O)CSc1nnc(-c2c[nH]c3ccccc23)n1-c1ccc(Cl)cc1. The first kappa shape index (κ1) is 22.9. The molecule has 5 rings (SSSR count). The second-order valence-electron chi connectivity index (χ2n) is 7.80. The van der Waals surface area contributed by atoms with E-state index in [4.69, 9.17) is 11.6 Å². The number of carbonyl (C=O) groups excluding carboxylic acids is 2. The van der Waals surface area contributed by atoms with Gasteiger partial charge in [-0.25, -0.2) is 0 Å². The Balaban J connectivity index is 1.46. The number of hydrogen-bond acceptors (Lipinski definition) is 5. The molecule has 174 valence electrons. The summed E-state index contributed by atoms with van der Waals surface area (Å²) >= 11 is 7.38. The van der Waals surface area contributed by atoms with Crippen molar-refractivity contribution in [1.29, 1.82) is 0 Å². The third-order valence-electron chi connectivity index (χ3n) is 5.46. The second kappa shape index (κ2) is 9.77. The number of nitrogens with zero attached hydrogens (tertiary/aromatic N) is 3. The average Bonchev–Trinajstić information content (AvgIpc) is 3.47. The van der Waals surface area contributed by atoms with Gasteiger partial charge in [-0.05, 0) is 49.4 Å². The quantitative estimate of drug-likeness (QED) is 0.211. The number of fused-ring (bicyclic) bond motifs is 1. The normalized spacial score (nSPS) is 11.0. The Labute approximate surface area is 210 Å². The molecule has 0 atom stereocenters. The maximum Gasteiger partial charge on any atom is 0.234 e. The Bertz CT molecular complexity index is 1540. The van der Waals surface area contributed by atoms with Crippen LogP contribution >= 0.6 is 23.4 Å². The van der Waals surface area contributed by atoms with Crippen molar-refractivity contribution in [3.63, 3.8) is 0 Å². The van der Waals surface area contributed by atoms with E-state index in [1.54, 1.807) is 36.4 Å². The summed E-state index contributed by atoms with van der Waals surface area (Å²) in [6, 6.07) is 22.3. The van der Waals surface area contributed by atoms with Crippen molar-refractivity contribution in [2.75, 3.05) is 11.1 Å². The van der Waals surface area contributed by atoms with E-state index < -0.39 is 0 Å². The van der Waals surface area contributed by atoms with Crippen molar-refractivity contribution in [2.45, 2.75) is 12.1 Å². The Kier molecular flexibility index (Phi) is 6.39. The van der Waals surface area contributed by atoms with Crippen molar-refractivity contribution in [3.05, 3.63) is 89.6 Å². The molecule has 5 aromatic rings. The molecule has 0 radical (unpaired) electrons. The van der Waals surface area contributed by atoms with Crippen LogP contribution in [0.25, 0.3) is 28.0 Å². The van der Waals surface area contributed by atoms with Gasteiger partial charge in [0, 0.05) is 38.9 Å². The predicted molar refractivity (Wildman–Crippen MR) is 139 cm³/mol. The van der Waals surface area contributed by atoms with Gasteiger partial charge in [0.05, 0.1) is 11.4 Å². The number of ketones is 1. The summed E-state index contributed by atoms with van der Waals surface area (Å²) < 4.78 is 1.91. The zero-order valence-electron chi connectivity index (χ0n) is 18.7. The van der Waals surface area contributed by atoms with E-state index >= 15 is 0 Å². The Morgan fingerprint density at radius 2 is 1.74 bits per heavy atom. The van der Waals surface area contributed by atoms with Crippen LogP contribution in [-0.4, -0.2) is 37.2 Å². The van der Waals surface area contributed by atoms with Gasteiger partial charge in [0.25, 0.3) is 0 Å². The van der Waals surface area contributed by atoms with Gasteiger partial charge in [-0.1, -0.05) is 53.7 Å². The Morgan fingerprint density at radius 1 is 1.00 bits per heavy atom. The van der Waals surface area contributed by atoms with Gasteiger partial charge >= 0.3 is 0 Å². The van der Waals surface area contributed by atoms with Crippen molar-refractivity contribution < 1.29 is 9.59 Å². The molecular weight excluding hydrogens is 482 g/mol. The molecular formula is C26H20ClN5O2S. The topological polar surface area (TPSA) is 92.7 Å². The standard InChI is InChI=1S/C26H20ClN5O2S/c1-16(33)19-6-2-5-9-23(19)29-24(34)15-35-26-31-30-25(32(26)18-12-10-17(27)11-13-18)21-14-28-22-8-4-3-7-20(21)22/h2-14,28H,15H2,1H3,(H,29,34). The van der Waals surface area contributed by atoms with Gasteiger partial charge in [0.1, 0.15) is 0 Å². The minimum atomic E-state index is -0.247. The Morgan fingerprint density at radius 3 is 2.54 bits per heavy atom. The van der Waals surface area contributed by atoms with Gasteiger partial charge in [0.2, 0.25) is 5.91 Å². The maximum atomic E-state index is 12.7. The molecule has 0 unspecified atom stereocenters. The van der Waals surface area contributed by atoms with Crippen LogP contribution in [-0.2, 0) is 4.79 Å². The fourth-order valence-corrected chi connectivity index (χ4v) is 4.71. The third-order valence-corrected chi connectivity index (χ3v) is 6.64. The highest BCUT2D eigenvalue weighted by Crippen LogP contribution is 2.32. The van der Waals surface area contributed by atoms with Crippen molar-refractivity contribution in [1.82, 2.24) is 19.7 Å². The molecule has 2 heterocycles. The lowest BCUT2D eigenvalue weighted by Crippen LogP contribution is -2.16. The van der Waals surface area contributed by atoms with Gasteiger partial charge in [-0.2, -0.15) is 0 Å². The zero-order valence-corrected chi connectivity index (χ0v) is 20.2. The number of thioether (sulfide) groups is 1. The van der Waals surface area contributed by atoms with Crippen LogP contribution < -0.4 is 5.32 Å². The molecule has 0 aliphatic carbocycles. The summed E-state index contributed by atoms with van der Waals surface area (Å²) in [5, 5.41) is 13.9. The molecule has 0 aliphatic rings. The second-order valence-corrected chi connectivity index (χ2v) is 9.18. The number of anilines is 1. The number of H-pyrrole nitrogens is 1. The molecule has 0 spiro atoms. The molecule has 1 amide bonds. The number of carbonyl (C=O) groups is 2. The number of aromatic amines is 1. The maximum absolute atomic E-state index is 12.7. The number of aromatic nitrogens is 4. The molecule has 0 bridgehead atoms. The van der Waals surface area contributed by atoms with Crippen LogP contribution in [0.2, 0.25) is 5.02 Å². The number of hydrogen-bond donors (Lipinski definition) is 2. The minimum Gasteiger partial charge on any atom is -0.360 e. The minimum absolute atomic E-state index is 0.0891. The fourth-order valence-electron chi connectivity index (χ4n) is 3.83. The number of rotatable bonds is 7. The lowest BCUT2D eigenvalue weighted by atomic mass is 10.1. The summed E-state index contributed by atoms with van der Waals surface area (Å²) in [6.07, 6.45) is 1.90. The lowest BCUT2D eigenvalue weighted by molar-refractivity contribution is -0.113. The van der Waals surface area contributed by atoms with E-state index in [0.717, 1.165) is 22.2 Å². The lowest BCUT2D eigenvalue weighted by Gasteiger charge is -2.11. The van der Waals surface area contributed by atoms with Gasteiger partial charge < -0.3 is 10.3 Å². The zero-order chi connectivity index (χ0) is 24.4. The first-order valence-electron chi connectivity index (χ1n) is 10.8. The van der Waals surface area contributed by atoms with Crippen LogP contribution in [0.4, 0.5) is 5.69 Å². The molecule has 2 aromatic heterocycles. The van der Waals surface area contributed by atoms with Gasteiger partial charge in [-0.3, -0.25) is 14.2 Å². The first-order chi connectivity index (χ1) is 17.0. The molecule has 35 heavy (non-hydrogen) atoms. The largest absolute Gasteiger partial charge is 0.360 e. The molecule has 7 nitrogen and oxygen atoms in total. The monoisotopic (exact) mass is 501 g/mol. The number of nitrogens with one attached hydrogen (secondary N) is 2. The highest BCUT2D eigenvalue weighted by molar-refractivity contribution is 7.99. The van der Waals surface area contributed by atoms with Gasteiger partial charge in [-0.15, -0.1) is 10.2 Å². The number of para-hydroxylation sites is 2. The summed E-state index contributed by atoms with van der Waals surface area (Å²) in [7, 11) is 0. The fraction of sp³-hybridized carbons (Fsp3) is 0.0769. The van der Waals surface area contributed by atoms with E-state index in [0.29, 0.717) is 27.3 Å². The summed E-state index contributed by atoms with van der Waals surface area (Å²) in [4.78, 5) is 27.9. The van der Waals surface area contributed by atoms with Crippen molar-refractivity contribution >= 4 is 51.6 Å². The Hall–Kier alpha value is -3.88. The number of benzene rings is 3. The van der Waals surface area contributed by atoms with Crippen molar-refractivity contribution in [3.8, 4) is 17.1 Å². The molecule has 2 N–H and O–H groups in total. The number of Topliss-reactive ketones (excluding diaryl/α,β-unsaturated/α-hetero) is 1. The van der Waals surface area contributed by atoms with E-state index in [2.05, 4.69) is 20.5 Å². The van der Waals surface area contributed by atoms with E-state index in [1.165, 1.54) is 18.7 Å². The van der Waals surface area contributed by atoms with E-state index in [-0.39, 0.29) is 17.4 Å². The third kappa shape index (κ3) is 4.71. The van der Waals surface area contributed by atoms with Crippen LogP contribution in [0.3, 0.4) is 0 Å². The van der Waals surface area contributed by atoms with E-state index in [1.807, 2.05) is 47.2 Å². The van der Waals surface area contributed by atoms with Gasteiger partial charge in [0.15, 0.2) is 16.8 Å². The highest BCUT2D eigenvalue weighted by Gasteiger charge is 2.20. The first-order valence-corrected chi connectivity index (χ1v) is 12.2. The molecule has 0 aliphatic heterocycles. The number of halogens is 1. The highest BCUT2D eigenvalue weighted by atomic mass is 35.5. The van der Waals surface area contributed by atoms with Crippen LogP contribution in [0.1, 0.15) is 17.3 Å². The van der Waals surface area contributed by atoms with Crippen LogP contribution in [0, 0.1) is 0 Å². The molecule has 0 saturated heterocycles. The summed E-state index contributed by atoms with van der Waals surface area (Å²) in [6.45, 7) is 1.47. The predicted octanol–water partition coefficient (Wildman–Crippen LogP) is 6.00. The summed E-state index contributed by atoms with van der Waals surface area (Å²) in [5.74, 6) is 0.378. The number of amides is 1. The molecule has 3 aromatic carbocycles. The van der Waals surface area contributed by atoms with Crippen LogP contribution in [0.5, 0.6) is 0 Å². The van der Waals surface area contributed by atoms with Crippen molar-refractivity contribution in [2.24, 2.45) is 0 Å². The van der Waals surface area contributed by atoms with E-state index in [9.17, 15) is 9.59 Å². The molecule has 0 saturated carbocycles. The molecule has 0 fully saturated rings. The summed E-state index contributed by atoms with van der Waals surface area (Å²) in [5.41, 5.74) is 3.67. The smallest absolute Gasteiger partial charge is 0.234 e.